The van der Waals surface area contributed by atoms with Crippen LogP contribution in [-0.2, 0) is 9.63 Å². The van der Waals surface area contributed by atoms with Crippen molar-refractivity contribution < 1.29 is 23.9 Å². The van der Waals surface area contributed by atoms with Crippen molar-refractivity contribution in [1.82, 2.24) is 9.55 Å². The third-order valence-electron chi connectivity index (χ3n) is 4.96. The number of aromatic nitrogens is 2. The summed E-state index contributed by atoms with van der Waals surface area (Å²) in [5, 5.41) is 9.19. The summed E-state index contributed by atoms with van der Waals surface area (Å²) in [6, 6.07) is 13.5. The summed E-state index contributed by atoms with van der Waals surface area (Å²) in [5.41, 5.74) is 2.66. The van der Waals surface area contributed by atoms with E-state index in [0.29, 0.717) is 12.2 Å². The van der Waals surface area contributed by atoms with E-state index >= 15 is 0 Å². The first-order chi connectivity index (χ1) is 15.0. The Balaban J connectivity index is 2.05. The van der Waals surface area contributed by atoms with Crippen molar-refractivity contribution in [3.05, 3.63) is 90.3 Å². The molecular formula is C23H24FN3O4. The maximum Gasteiger partial charge on any atom is 0.334 e. The Hall–Kier alpha value is -3.49. The van der Waals surface area contributed by atoms with Gasteiger partial charge in [0, 0.05) is 12.4 Å². The van der Waals surface area contributed by atoms with Crippen LogP contribution in [0.3, 0.4) is 0 Å². The smallest absolute Gasteiger partial charge is 0.334 e. The van der Waals surface area contributed by atoms with Crippen LogP contribution in [0.25, 0.3) is 5.57 Å². The van der Waals surface area contributed by atoms with Gasteiger partial charge in [0.05, 0.1) is 19.5 Å². The van der Waals surface area contributed by atoms with Crippen molar-refractivity contribution in [3.8, 4) is 5.75 Å². The second-order valence-electron chi connectivity index (χ2n) is 6.89. The van der Waals surface area contributed by atoms with Crippen LogP contribution in [0.4, 0.5) is 4.39 Å². The lowest BCUT2D eigenvalue weighted by molar-refractivity contribution is -0.151. The van der Waals surface area contributed by atoms with Crippen LogP contribution in [0.5, 0.6) is 5.75 Å². The highest BCUT2D eigenvalue weighted by molar-refractivity contribution is 5.73. The molecular weight excluding hydrogens is 401 g/mol. The zero-order valence-corrected chi connectivity index (χ0v) is 17.0. The van der Waals surface area contributed by atoms with E-state index in [1.807, 2.05) is 41.1 Å². The number of hydrogen-bond donors (Lipinski definition) is 2. The molecule has 3 rings (SSSR count). The number of rotatable bonds is 10. The van der Waals surface area contributed by atoms with Crippen molar-refractivity contribution in [2.75, 3.05) is 7.11 Å². The van der Waals surface area contributed by atoms with E-state index in [-0.39, 0.29) is 18.3 Å². The Morgan fingerprint density at radius 2 is 1.94 bits per heavy atom. The fourth-order valence-corrected chi connectivity index (χ4v) is 3.39. The fraction of sp³-hybridized carbons (Fsp3) is 0.217. The molecule has 0 aliphatic rings. The second kappa shape index (κ2) is 10.5. The fourth-order valence-electron chi connectivity index (χ4n) is 3.39. The first kappa shape index (κ1) is 22.2. The Bertz CT molecular complexity index is 1000. The number of carboxylic acid groups (broad SMARTS) is 1. The Morgan fingerprint density at radius 1 is 1.23 bits per heavy atom. The molecule has 2 aromatic carbocycles. The lowest BCUT2D eigenvalue weighted by atomic mass is 9.91. The predicted molar refractivity (Wildman–Crippen MR) is 114 cm³/mol. The summed E-state index contributed by atoms with van der Waals surface area (Å²) in [7, 11) is 1.59. The van der Waals surface area contributed by atoms with Gasteiger partial charge in [0.1, 0.15) is 11.6 Å². The first-order valence-corrected chi connectivity index (χ1v) is 9.69. The molecule has 7 nitrogen and oxygen atoms in total. The second-order valence-corrected chi connectivity index (χ2v) is 6.89. The summed E-state index contributed by atoms with van der Waals surface area (Å²) in [4.78, 5) is 20.0. The van der Waals surface area contributed by atoms with Gasteiger partial charge in [0.15, 0.2) is 6.10 Å². The number of nitrogens with zero attached hydrogens (tertiary/aromatic N) is 2. The molecule has 0 spiro atoms. The maximum absolute atomic E-state index is 13.6. The Labute approximate surface area is 179 Å². The van der Waals surface area contributed by atoms with Crippen LogP contribution in [0.2, 0.25) is 0 Å². The van der Waals surface area contributed by atoms with Gasteiger partial charge in [-0.3, -0.25) is 4.84 Å². The molecule has 3 N–H and O–H groups in total. The average Bonchev–Trinajstić information content (AvgIpc) is 3.31. The SMILES string of the molecule is COc1ccc(C(=CCCC(ON)C(=O)O)C(c2ccc(F)cc2)n2ccnc2)cc1. The molecule has 0 radical (unpaired) electrons. The van der Waals surface area contributed by atoms with E-state index in [0.717, 1.165) is 16.7 Å². The molecule has 8 heteroatoms. The summed E-state index contributed by atoms with van der Waals surface area (Å²) in [5.74, 6) is 4.38. The monoisotopic (exact) mass is 425 g/mol. The van der Waals surface area contributed by atoms with Crippen LogP contribution < -0.4 is 10.6 Å². The third kappa shape index (κ3) is 5.56. The van der Waals surface area contributed by atoms with Gasteiger partial charge in [-0.25, -0.2) is 20.1 Å². The number of allylic oxidation sites excluding steroid dienone is 2. The van der Waals surface area contributed by atoms with Crippen LogP contribution in [0.1, 0.15) is 30.0 Å². The van der Waals surface area contributed by atoms with E-state index in [9.17, 15) is 14.3 Å². The van der Waals surface area contributed by atoms with Crippen LogP contribution in [-0.4, -0.2) is 33.8 Å². The van der Waals surface area contributed by atoms with E-state index in [4.69, 9.17) is 10.6 Å². The third-order valence-corrected chi connectivity index (χ3v) is 4.96. The van der Waals surface area contributed by atoms with Crippen molar-refractivity contribution in [3.63, 3.8) is 0 Å². The minimum Gasteiger partial charge on any atom is -0.497 e. The number of carbonyl (C=O) groups is 1. The highest BCUT2D eigenvalue weighted by Gasteiger charge is 2.22. The molecule has 0 aliphatic heterocycles. The highest BCUT2D eigenvalue weighted by atomic mass is 19.1. The minimum atomic E-state index is -1.12. The van der Waals surface area contributed by atoms with Crippen molar-refractivity contribution >= 4 is 11.5 Å². The first-order valence-electron chi connectivity index (χ1n) is 9.69. The molecule has 0 bridgehead atoms. The van der Waals surface area contributed by atoms with Gasteiger partial charge in [-0.1, -0.05) is 30.3 Å². The van der Waals surface area contributed by atoms with Gasteiger partial charge in [-0.2, -0.15) is 0 Å². The topological polar surface area (TPSA) is 99.6 Å². The number of hydrogen-bond acceptors (Lipinski definition) is 5. The van der Waals surface area contributed by atoms with E-state index < -0.39 is 12.1 Å². The maximum atomic E-state index is 13.6. The van der Waals surface area contributed by atoms with E-state index in [2.05, 4.69) is 9.82 Å². The number of aliphatic carboxylic acids is 1. The molecule has 3 aromatic rings. The van der Waals surface area contributed by atoms with Crippen molar-refractivity contribution in [2.45, 2.75) is 25.0 Å². The van der Waals surface area contributed by atoms with Gasteiger partial charge < -0.3 is 14.4 Å². The molecule has 1 heterocycles. The number of halogens is 1. The molecule has 31 heavy (non-hydrogen) atoms. The molecule has 0 amide bonds. The number of methoxy groups -OCH3 is 1. The molecule has 0 saturated carbocycles. The minimum absolute atomic E-state index is 0.200. The standard InChI is InChI=1S/C23H24FN3O4/c1-30-19-11-7-16(8-12-19)20(3-2-4-21(31-25)23(28)29)22(27-14-13-26-15-27)17-5-9-18(24)10-6-17/h3,5-15,21-22H,2,4,25H2,1H3,(H,28,29). The van der Waals surface area contributed by atoms with Crippen molar-refractivity contribution in [1.29, 1.82) is 0 Å². The zero-order valence-electron chi connectivity index (χ0n) is 17.0. The summed E-state index contributed by atoms with van der Waals surface area (Å²) in [6.07, 6.45) is 6.64. The largest absolute Gasteiger partial charge is 0.497 e. The molecule has 0 aliphatic carbocycles. The number of nitrogens with two attached hydrogens (primary N) is 1. The van der Waals surface area contributed by atoms with E-state index in [1.54, 1.807) is 31.8 Å². The molecule has 2 atom stereocenters. The van der Waals surface area contributed by atoms with Gasteiger partial charge in [-0.05, 0) is 53.8 Å². The van der Waals surface area contributed by atoms with Gasteiger partial charge in [-0.15, -0.1) is 0 Å². The van der Waals surface area contributed by atoms with Crippen LogP contribution in [0.15, 0.2) is 73.3 Å². The molecule has 162 valence electrons. The summed E-state index contributed by atoms with van der Waals surface area (Å²) >= 11 is 0. The molecule has 0 saturated heterocycles. The molecule has 0 fully saturated rings. The van der Waals surface area contributed by atoms with Gasteiger partial charge >= 0.3 is 5.97 Å². The van der Waals surface area contributed by atoms with E-state index in [1.165, 1.54) is 12.1 Å². The number of benzene rings is 2. The van der Waals surface area contributed by atoms with Crippen molar-refractivity contribution in [2.24, 2.45) is 5.90 Å². The number of carboxylic acids is 1. The lowest BCUT2D eigenvalue weighted by Crippen LogP contribution is -2.26. The van der Waals surface area contributed by atoms with Crippen LogP contribution in [0, 0.1) is 5.82 Å². The summed E-state index contributed by atoms with van der Waals surface area (Å²) in [6.45, 7) is 0. The number of ether oxygens (including phenoxy) is 1. The average molecular weight is 425 g/mol. The summed E-state index contributed by atoms with van der Waals surface area (Å²) < 4.78 is 20.8. The number of imidazole rings is 1. The Kier molecular flexibility index (Phi) is 7.53. The zero-order chi connectivity index (χ0) is 22.2. The lowest BCUT2D eigenvalue weighted by Gasteiger charge is -2.24. The normalized spacial score (nSPS) is 13.6. The predicted octanol–water partition coefficient (Wildman–Crippen LogP) is 3.83. The van der Waals surface area contributed by atoms with Gasteiger partial charge in [0.2, 0.25) is 0 Å². The van der Waals surface area contributed by atoms with Crippen LogP contribution >= 0.6 is 0 Å². The highest BCUT2D eigenvalue weighted by Crippen LogP contribution is 2.35. The Morgan fingerprint density at radius 3 is 2.48 bits per heavy atom. The molecule has 1 aromatic heterocycles. The quantitative estimate of drug-likeness (QED) is 0.479. The molecule has 2 unspecified atom stereocenters. The van der Waals surface area contributed by atoms with Gasteiger partial charge in [0.25, 0.3) is 0 Å².